The normalized spacial score (nSPS) is 26.6. The molecular weight excluding hydrogens is 772 g/mol. The summed E-state index contributed by atoms with van der Waals surface area (Å²) in [5.74, 6) is -1.28. The topological polar surface area (TPSA) is 317 Å². The van der Waals surface area contributed by atoms with Crippen LogP contribution in [-0.4, -0.2) is 130 Å². The molecule has 0 saturated carbocycles. The highest BCUT2D eigenvalue weighted by Crippen LogP contribution is 2.64. The lowest BCUT2D eigenvalue weighted by molar-refractivity contribution is -0.118. The number of hydrogen-bond donors (Lipinski definition) is 9. The number of nitrogens with two attached hydrogens (primary N) is 1. The fourth-order valence-corrected chi connectivity index (χ4v) is 9.42. The fourth-order valence-electron chi connectivity index (χ4n) is 6.26. The molecule has 0 bridgehead atoms. The number of carbonyl (C=O) groups is 1. The van der Waals surface area contributed by atoms with Gasteiger partial charge in [0.05, 0.1) is 13.2 Å². The van der Waals surface area contributed by atoms with Crippen molar-refractivity contribution in [3.8, 4) is 0 Å². The second kappa shape index (κ2) is 21.4. The summed E-state index contributed by atoms with van der Waals surface area (Å²) in [5.41, 5.74) is 3.06. The van der Waals surface area contributed by atoms with Crippen molar-refractivity contribution in [2.24, 2.45) is 11.7 Å². The Morgan fingerprint density at radius 2 is 1.56 bits per heavy atom. The van der Waals surface area contributed by atoms with Crippen molar-refractivity contribution in [1.29, 1.82) is 0 Å². The molecule has 55 heavy (non-hydrogen) atoms. The average molecular weight is 830 g/mol. The fraction of sp³-hybridized carbons (Fsp3) is 0.781. The largest absolute Gasteiger partial charge is 0.492 e. The third-order valence-electron chi connectivity index (χ3n) is 9.23. The monoisotopic (exact) mass is 829 g/mol. The maximum absolute atomic E-state index is 13.6. The molecule has 1 aromatic heterocycles. The van der Waals surface area contributed by atoms with E-state index in [9.17, 15) is 58.8 Å². The lowest BCUT2D eigenvalue weighted by Gasteiger charge is -2.32. The summed E-state index contributed by atoms with van der Waals surface area (Å²) in [7, 11) is -9.80. The highest BCUT2D eigenvalue weighted by Gasteiger charge is 2.53. The molecule has 1 fully saturated rings. The minimum absolute atomic E-state index is 0.135. The van der Waals surface area contributed by atoms with E-state index in [-0.39, 0.29) is 11.0 Å². The first-order valence-electron chi connectivity index (χ1n) is 18.3. The number of carbonyl (C=O) groups excluding carboxylic acids is 1. The van der Waals surface area contributed by atoms with Crippen LogP contribution in [0.3, 0.4) is 0 Å². The molecule has 2 heterocycles. The first kappa shape index (κ1) is 47.0. The predicted molar refractivity (Wildman–Crippen MR) is 194 cm³/mol. The number of amides is 1. The molecule has 1 amide bonds. The van der Waals surface area contributed by atoms with E-state index in [1.54, 1.807) is 0 Å². The number of H-pyrrole nitrogens is 1. The molecule has 2 unspecified atom stereocenters. The van der Waals surface area contributed by atoms with Gasteiger partial charge in [-0.15, -0.1) is 4.44 Å². The Bertz CT molecular complexity index is 1640. The van der Waals surface area contributed by atoms with Crippen molar-refractivity contribution in [1.82, 2.24) is 19.1 Å². The van der Waals surface area contributed by atoms with E-state index >= 15 is 0 Å². The number of aromatic nitrogens is 2. The number of aliphatic hydroxyl groups is 5. The minimum Gasteiger partial charge on any atom is -0.492 e. The van der Waals surface area contributed by atoms with E-state index in [0.29, 0.717) is 12.3 Å². The number of aromatic amines is 1. The van der Waals surface area contributed by atoms with Gasteiger partial charge in [0.2, 0.25) is 5.91 Å². The average Bonchev–Trinajstić information content (AvgIpc) is 3.49. The van der Waals surface area contributed by atoms with Gasteiger partial charge in [0.25, 0.3) is 5.56 Å². The van der Waals surface area contributed by atoms with E-state index in [0.717, 1.165) is 54.0 Å². The maximum atomic E-state index is 13.6. The smallest absolute Gasteiger partial charge is 0.432 e. The third kappa shape index (κ3) is 13.4. The van der Waals surface area contributed by atoms with Crippen molar-refractivity contribution in [3.05, 3.63) is 44.4 Å². The Morgan fingerprint density at radius 3 is 2.13 bits per heavy atom. The van der Waals surface area contributed by atoms with Gasteiger partial charge in [0.15, 0.2) is 12.3 Å². The SMILES string of the molecule is CC(C)CCCCCCCCCCCN(C)OP(=O)(O)N(CC(N)=O)P(=O)(O)O[C@H]1C(OC[C@@H]2O[C@H](n3ccc(=O)[nH]c3=O)[C@H](O)[C@@H]2O)=C(CO)[C@@H](O)[C@@H]1O. The number of nitrogens with one attached hydrogen (secondary N) is 1. The molecule has 0 spiro atoms. The van der Waals surface area contributed by atoms with Gasteiger partial charge >= 0.3 is 21.2 Å². The van der Waals surface area contributed by atoms with Gasteiger partial charge in [0.1, 0.15) is 42.9 Å². The number of nitrogens with zero attached hydrogens (tertiary/aromatic N) is 3. The number of hydroxylamine groups is 2. The summed E-state index contributed by atoms with van der Waals surface area (Å²) in [5, 5.41) is 53.4. The number of aliphatic hydroxyl groups excluding tert-OH is 5. The zero-order valence-corrected chi connectivity index (χ0v) is 33.1. The van der Waals surface area contributed by atoms with Crippen LogP contribution in [0.15, 0.2) is 33.2 Å². The molecule has 1 aliphatic carbocycles. The number of ether oxygens (including phenoxy) is 2. The zero-order valence-electron chi connectivity index (χ0n) is 31.3. The number of rotatable bonds is 25. The van der Waals surface area contributed by atoms with Crippen LogP contribution >= 0.6 is 15.5 Å². The lowest BCUT2D eigenvalue weighted by Crippen LogP contribution is -2.38. The Kier molecular flexibility index (Phi) is 18.3. The van der Waals surface area contributed by atoms with Crippen LogP contribution in [0.5, 0.6) is 0 Å². The van der Waals surface area contributed by atoms with Gasteiger partial charge in [-0.3, -0.25) is 23.7 Å². The van der Waals surface area contributed by atoms with Crippen LogP contribution in [-0.2, 0) is 32.5 Å². The van der Waals surface area contributed by atoms with Gasteiger partial charge in [-0.1, -0.05) is 71.6 Å². The van der Waals surface area contributed by atoms with Gasteiger partial charge in [-0.05, 0) is 12.3 Å². The second-order valence-electron chi connectivity index (χ2n) is 14.2. The maximum Gasteiger partial charge on any atom is 0.432 e. The molecular formula is C32H57N5O16P2. The van der Waals surface area contributed by atoms with Crippen molar-refractivity contribution >= 4 is 21.4 Å². The summed E-state index contributed by atoms with van der Waals surface area (Å²) in [6.07, 6.45) is -1.19. The first-order chi connectivity index (χ1) is 25.8. The lowest BCUT2D eigenvalue weighted by atomic mass is 10.0. The van der Waals surface area contributed by atoms with E-state index < -0.39 is 107 Å². The van der Waals surface area contributed by atoms with E-state index in [1.165, 1.54) is 32.7 Å². The summed E-state index contributed by atoms with van der Waals surface area (Å²) >= 11 is 0. The predicted octanol–water partition coefficient (Wildman–Crippen LogP) is -0.0521. The van der Waals surface area contributed by atoms with Crippen molar-refractivity contribution in [2.45, 2.75) is 121 Å². The molecule has 21 nitrogen and oxygen atoms in total. The van der Waals surface area contributed by atoms with Crippen LogP contribution < -0.4 is 17.0 Å². The molecule has 9 atom stereocenters. The van der Waals surface area contributed by atoms with Crippen molar-refractivity contribution in [2.75, 3.05) is 33.4 Å². The molecule has 3 rings (SSSR count). The Labute approximate surface area is 318 Å². The van der Waals surface area contributed by atoms with Gasteiger partial charge < -0.3 is 50.5 Å². The minimum atomic E-state index is -5.70. The molecule has 1 saturated heterocycles. The van der Waals surface area contributed by atoms with Gasteiger partial charge in [0, 0.05) is 31.4 Å². The van der Waals surface area contributed by atoms with Crippen LogP contribution in [0.1, 0.15) is 84.3 Å². The van der Waals surface area contributed by atoms with Gasteiger partial charge in [-0.25, -0.2) is 18.5 Å². The number of primary amides is 1. The Morgan fingerprint density at radius 1 is 0.964 bits per heavy atom. The molecule has 0 radical (unpaired) electrons. The highest BCUT2D eigenvalue weighted by molar-refractivity contribution is 7.66. The summed E-state index contributed by atoms with van der Waals surface area (Å²) in [4.78, 5) is 59.4. The van der Waals surface area contributed by atoms with Gasteiger partial charge in [-0.2, -0.15) is 5.06 Å². The molecule has 10 N–H and O–H groups in total. The second-order valence-corrected chi connectivity index (χ2v) is 17.8. The summed E-state index contributed by atoms with van der Waals surface area (Å²) < 4.78 is 49.1. The van der Waals surface area contributed by atoms with E-state index in [1.807, 2.05) is 4.98 Å². The molecule has 1 aliphatic heterocycles. The Hall–Kier alpha value is -2.33. The van der Waals surface area contributed by atoms with Crippen LogP contribution in [0.25, 0.3) is 0 Å². The summed E-state index contributed by atoms with van der Waals surface area (Å²) in [6.45, 7) is 1.49. The molecule has 23 heteroatoms. The number of hydrogen-bond acceptors (Lipinski definition) is 15. The number of unbranched alkanes of at least 4 members (excludes halogenated alkanes) is 8. The standard InChI is InChI=1S/C32H57N5O16P2/c1-20(2)13-11-9-7-5-4-6-8-10-12-15-35(3)53-55(48,49)37(17-23(33)39)54(46,47)52-30-27(43)25(41)21(18-38)29(30)50-19-22-26(42)28(44)31(51-22)36-16-14-24(40)34-32(36)45/h14,16,20,22,25-28,30-31,38,41-44H,4-13,15,17-19H2,1-3H3,(H2,33,39)(H,46,47)(H,48,49)(H,34,40,45)/t22-,25+,26+,27-,28+,30+,31-/m0/s1. The zero-order chi connectivity index (χ0) is 41.1. The first-order valence-corrected chi connectivity index (χ1v) is 21.3. The molecule has 1 aromatic rings. The van der Waals surface area contributed by atoms with E-state index in [4.69, 9.17) is 24.4 Å². The highest BCUT2D eigenvalue weighted by atomic mass is 31.3. The molecule has 2 aliphatic rings. The van der Waals surface area contributed by atoms with Crippen molar-refractivity contribution in [3.63, 3.8) is 0 Å². The molecule has 0 aromatic carbocycles. The van der Waals surface area contributed by atoms with E-state index in [2.05, 4.69) is 13.8 Å². The summed E-state index contributed by atoms with van der Waals surface area (Å²) in [6, 6.07) is 0.970. The quantitative estimate of drug-likeness (QED) is 0.0354. The van der Waals surface area contributed by atoms with Crippen LogP contribution in [0.4, 0.5) is 0 Å². The van der Waals surface area contributed by atoms with Crippen molar-refractivity contribution < 1.29 is 67.9 Å². The third-order valence-corrected chi connectivity index (χ3v) is 13.0. The van der Waals surface area contributed by atoms with Crippen LogP contribution in [0, 0.1) is 5.92 Å². The molecule has 316 valence electrons. The van der Waals surface area contributed by atoms with Crippen LogP contribution in [0.2, 0.25) is 0 Å². The Balaban J connectivity index is 1.64.